The van der Waals surface area contributed by atoms with Crippen molar-refractivity contribution in [2.45, 2.75) is 12.3 Å². The van der Waals surface area contributed by atoms with Gasteiger partial charge in [0.1, 0.15) is 0 Å². The van der Waals surface area contributed by atoms with Gasteiger partial charge in [-0.2, -0.15) is 0 Å². The molecule has 0 amide bonds. The van der Waals surface area contributed by atoms with Crippen LogP contribution < -0.4 is 0 Å². The second-order valence-corrected chi connectivity index (χ2v) is 3.04. The van der Waals surface area contributed by atoms with Gasteiger partial charge in [0.05, 0.1) is 6.61 Å². The summed E-state index contributed by atoms with van der Waals surface area (Å²) in [7, 11) is 1.65. The summed E-state index contributed by atoms with van der Waals surface area (Å²) in [5, 5.41) is 0.0995. The standard InChI is InChI=1S/C6H12Cl2O/c1-5(8)6(3-7)4-9-2/h5-6H,3-4H2,1-2H3. The molecule has 2 unspecified atom stereocenters. The van der Waals surface area contributed by atoms with E-state index in [0.717, 1.165) is 0 Å². The van der Waals surface area contributed by atoms with E-state index in [-0.39, 0.29) is 11.3 Å². The highest BCUT2D eigenvalue weighted by Crippen LogP contribution is 2.11. The third kappa shape index (κ3) is 4.01. The first kappa shape index (κ1) is 9.54. The minimum atomic E-state index is 0.0995. The average molecular weight is 171 g/mol. The first-order valence-corrected chi connectivity index (χ1v) is 3.88. The summed E-state index contributed by atoms with van der Waals surface area (Å²) in [6.07, 6.45) is 0. The highest BCUT2D eigenvalue weighted by atomic mass is 35.5. The largest absolute Gasteiger partial charge is 0.384 e. The first-order valence-electron chi connectivity index (χ1n) is 2.91. The Labute approximate surface area is 66.3 Å². The molecule has 2 atom stereocenters. The van der Waals surface area contributed by atoms with Crippen LogP contribution in [0.4, 0.5) is 0 Å². The van der Waals surface area contributed by atoms with Crippen molar-refractivity contribution < 1.29 is 4.74 Å². The van der Waals surface area contributed by atoms with E-state index in [0.29, 0.717) is 12.5 Å². The Kier molecular flexibility index (Phi) is 5.65. The van der Waals surface area contributed by atoms with Crippen molar-refractivity contribution in [3.63, 3.8) is 0 Å². The van der Waals surface area contributed by atoms with Gasteiger partial charge in [-0.3, -0.25) is 0 Å². The molecule has 0 aromatic rings. The van der Waals surface area contributed by atoms with E-state index < -0.39 is 0 Å². The normalized spacial score (nSPS) is 17.3. The monoisotopic (exact) mass is 170 g/mol. The molecule has 0 aromatic heterocycles. The Bertz CT molecular complexity index is 66.1. The van der Waals surface area contributed by atoms with Crippen molar-refractivity contribution in [3.8, 4) is 0 Å². The van der Waals surface area contributed by atoms with Gasteiger partial charge in [-0.1, -0.05) is 0 Å². The zero-order valence-electron chi connectivity index (χ0n) is 5.73. The highest BCUT2D eigenvalue weighted by molar-refractivity contribution is 6.22. The highest BCUT2D eigenvalue weighted by Gasteiger charge is 2.12. The number of hydrogen-bond acceptors (Lipinski definition) is 1. The summed E-state index contributed by atoms with van der Waals surface area (Å²) in [5.74, 6) is 0.844. The molecule has 0 rings (SSSR count). The van der Waals surface area contributed by atoms with Crippen LogP contribution in [-0.4, -0.2) is 25.0 Å². The van der Waals surface area contributed by atoms with Gasteiger partial charge in [0.15, 0.2) is 0 Å². The molecular formula is C6H12Cl2O. The minimum absolute atomic E-state index is 0.0995. The maximum atomic E-state index is 5.76. The molecule has 9 heavy (non-hydrogen) atoms. The molecule has 0 radical (unpaired) electrons. The predicted octanol–water partition coefficient (Wildman–Crippen LogP) is 2.12. The maximum Gasteiger partial charge on any atom is 0.0515 e. The third-order valence-corrected chi connectivity index (χ3v) is 1.98. The molecule has 0 aliphatic heterocycles. The van der Waals surface area contributed by atoms with Crippen molar-refractivity contribution in [2.75, 3.05) is 19.6 Å². The van der Waals surface area contributed by atoms with Crippen LogP contribution >= 0.6 is 23.2 Å². The molecule has 0 saturated heterocycles. The molecule has 0 bridgehead atoms. The van der Waals surface area contributed by atoms with E-state index in [1.54, 1.807) is 7.11 Å². The number of methoxy groups -OCH3 is 1. The van der Waals surface area contributed by atoms with Crippen molar-refractivity contribution in [3.05, 3.63) is 0 Å². The number of ether oxygens (including phenoxy) is 1. The fourth-order valence-electron chi connectivity index (χ4n) is 0.514. The Balaban J connectivity index is 3.41. The lowest BCUT2D eigenvalue weighted by atomic mass is 10.1. The molecule has 0 fully saturated rings. The van der Waals surface area contributed by atoms with Crippen LogP contribution in [0.15, 0.2) is 0 Å². The van der Waals surface area contributed by atoms with Crippen LogP contribution in [0.1, 0.15) is 6.92 Å². The third-order valence-electron chi connectivity index (χ3n) is 1.23. The lowest BCUT2D eigenvalue weighted by molar-refractivity contribution is 0.160. The Morgan fingerprint density at radius 3 is 2.22 bits per heavy atom. The maximum absolute atomic E-state index is 5.76. The Hall–Kier alpha value is 0.540. The van der Waals surface area contributed by atoms with E-state index in [2.05, 4.69) is 0 Å². The number of rotatable bonds is 4. The van der Waals surface area contributed by atoms with Crippen LogP contribution in [-0.2, 0) is 4.74 Å². The zero-order chi connectivity index (χ0) is 7.28. The summed E-state index contributed by atoms with van der Waals surface area (Å²) < 4.78 is 4.89. The molecule has 0 saturated carbocycles. The van der Waals surface area contributed by atoms with Gasteiger partial charge < -0.3 is 4.74 Å². The second kappa shape index (κ2) is 5.33. The molecule has 0 spiro atoms. The molecule has 0 N–H and O–H groups in total. The molecular weight excluding hydrogens is 159 g/mol. The van der Waals surface area contributed by atoms with E-state index in [1.165, 1.54) is 0 Å². The van der Waals surface area contributed by atoms with Gasteiger partial charge in [0, 0.05) is 24.3 Å². The lowest BCUT2D eigenvalue weighted by Gasteiger charge is -2.13. The lowest BCUT2D eigenvalue weighted by Crippen LogP contribution is -2.18. The molecule has 0 aliphatic rings. The van der Waals surface area contributed by atoms with Crippen LogP contribution in [0.2, 0.25) is 0 Å². The summed E-state index contributed by atoms with van der Waals surface area (Å²) in [5.41, 5.74) is 0. The molecule has 3 heteroatoms. The molecule has 0 heterocycles. The van der Waals surface area contributed by atoms with Crippen molar-refractivity contribution in [2.24, 2.45) is 5.92 Å². The number of hydrogen-bond donors (Lipinski definition) is 0. The van der Waals surface area contributed by atoms with Gasteiger partial charge in [0.2, 0.25) is 0 Å². The van der Waals surface area contributed by atoms with E-state index >= 15 is 0 Å². The summed E-state index contributed by atoms with van der Waals surface area (Å²) in [6.45, 7) is 2.57. The van der Waals surface area contributed by atoms with Gasteiger partial charge in [-0.25, -0.2) is 0 Å². The fourth-order valence-corrected chi connectivity index (χ4v) is 1.12. The van der Waals surface area contributed by atoms with Crippen molar-refractivity contribution >= 4 is 23.2 Å². The van der Waals surface area contributed by atoms with Crippen molar-refractivity contribution in [1.82, 2.24) is 0 Å². The van der Waals surface area contributed by atoms with Crippen LogP contribution in [0.5, 0.6) is 0 Å². The van der Waals surface area contributed by atoms with Crippen LogP contribution in [0.25, 0.3) is 0 Å². The van der Waals surface area contributed by atoms with Gasteiger partial charge in [-0.05, 0) is 6.92 Å². The molecule has 0 aliphatic carbocycles. The van der Waals surface area contributed by atoms with E-state index in [1.807, 2.05) is 6.92 Å². The Morgan fingerprint density at radius 1 is 1.56 bits per heavy atom. The van der Waals surface area contributed by atoms with Crippen LogP contribution in [0.3, 0.4) is 0 Å². The second-order valence-electron chi connectivity index (χ2n) is 2.05. The Morgan fingerprint density at radius 2 is 2.11 bits per heavy atom. The van der Waals surface area contributed by atoms with Crippen LogP contribution in [0, 0.1) is 5.92 Å². The summed E-state index contributed by atoms with van der Waals surface area (Å²) >= 11 is 11.3. The average Bonchev–Trinajstić information content (AvgIpc) is 1.82. The summed E-state index contributed by atoms with van der Waals surface area (Å²) in [4.78, 5) is 0. The van der Waals surface area contributed by atoms with Gasteiger partial charge in [0.25, 0.3) is 0 Å². The van der Waals surface area contributed by atoms with Gasteiger partial charge >= 0.3 is 0 Å². The van der Waals surface area contributed by atoms with Gasteiger partial charge in [-0.15, -0.1) is 23.2 Å². The smallest absolute Gasteiger partial charge is 0.0515 e. The number of alkyl halides is 2. The van der Waals surface area contributed by atoms with E-state index in [4.69, 9.17) is 27.9 Å². The van der Waals surface area contributed by atoms with E-state index in [9.17, 15) is 0 Å². The first-order chi connectivity index (χ1) is 4.22. The SMILES string of the molecule is COCC(CCl)C(C)Cl. The zero-order valence-corrected chi connectivity index (χ0v) is 7.24. The fraction of sp³-hybridized carbons (Fsp3) is 1.00. The van der Waals surface area contributed by atoms with Crippen molar-refractivity contribution in [1.29, 1.82) is 0 Å². The minimum Gasteiger partial charge on any atom is -0.384 e. The molecule has 1 nitrogen and oxygen atoms in total. The topological polar surface area (TPSA) is 9.23 Å². The molecule has 56 valence electrons. The quantitative estimate of drug-likeness (QED) is 0.588. The number of halogens is 2. The summed E-state index contributed by atoms with van der Waals surface area (Å²) in [6, 6.07) is 0. The molecule has 0 aromatic carbocycles. The predicted molar refractivity (Wildman–Crippen MR) is 41.4 cm³/mol.